The molecule has 0 spiro atoms. The summed E-state index contributed by atoms with van der Waals surface area (Å²) in [6.45, 7) is 2.90. The minimum Gasteiger partial charge on any atom is -0.305 e. The third-order valence-corrected chi connectivity index (χ3v) is 5.93. The summed E-state index contributed by atoms with van der Waals surface area (Å²) in [5.41, 5.74) is 3.41. The van der Waals surface area contributed by atoms with Gasteiger partial charge in [-0.3, -0.25) is 4.68 Å². The van der Waals surface area contributed by atoms with Crippen LogP contribution in [0.2, 0.25) is 0 Å². The molecule has 1 N–H and O–H groups in total. The highest BCUT2D eigenvalue weighted by atomic mass is 32.2. The molecule has 1 saturated heterocycles. The molecule has 5 rings (SSSR count). The van der Waals surface area contributed by atoms with Crippen LogP contribution in [0.25, 0.3) is 33.2 Å². The second kappa shape index (κ2) is 8.38. The molecule has 4 aromatic rings. The minimum absolute atomic E-state index is 0. The van der Waals surface area contributed by atoms with E-state index in [0.29, 0.717) is 22.4 Å². The maximum absolute atomic E-state index is 14.4. The van der Waals surface area contributed by atoms with E-state index >= 15 is 0 Å². The Morgan fingerprint density at radius 1 is 1.20 bits per heavy atom. The van der Waals surface area contributed by atoms with Gasteiger partial charge in [-0.1, -0.05) is 0 Å². The summed E-state index contributed by atoms with van der Waals surface area (Å²) in [7, 11) is 3.81. The van der Waals surface area contributed by atoms with Crippen LogP contribution in [0.5, 0.6) is 0 Å². The number of nitrogens with zero attached hydrogens (tertiary/aromatic N) is 6. The molecule has 10 heteroatoms. The number of aryl methyl sites for hydroxylation is 1. The van der Waals surface area contributed by atoms with E-state index < -0.39 is 0 Å². The van der Waals surface area contributed by atoms with Crippen molar-refractivity contribution >= 4 is 53.3 Å². The van der Waals surface area contributed by atoms with Gasteiger partial charge in [0.25, 0.3) is 0 Å². The van der Waals surface area contributed by atoms with Crippen molar-refractivity contribution in [3.63, 3.8) is 0 Å². The Kier molecular flexibility index (Phi) is 5.83. The quantitative estimate of drug-likeness (QED) is 0.486. The molecule has 0 radical (unpaired) electrons. The number of hydrogen-bond acceptors (Lipinski definition) is 7. The molecule has 0 aliphatic carbocycles. The van der Waals surface area contributed by atoms with Crippen LogP contribution in [0.1, 0.15) is 0 Å². The molecule has 4 heterocycles. The van der Waals surface area contributed by atoms with Gasteiger partial charge in [0.15, 0.2) is 11.5 Å². The van der Waals surface area contributed by atoms with Crippen molar-refractivity contribution in [2.24, 2.45) is 7.05 Å². The van der Waals surface area contributed by atoms with Crippen LogP contribution in [0, 0.1) is 5.82 Å². The highest BCUT2D eigenvalue weighted by Gasteiger charge is 2.16. The monoisotopic (exact) mass is 443 g/mol. The van der Waals surface area contributed by atoms with Crippen molar-refractivity contribution in [1.29, 1.82) is 0 Å². The van der Waals surface area contributed by atoms with E-state index in [1.54, 1.807) is 30.1 Å². The first-order valence-electron chi connectivity index (χ1n) is 9.34. The second-order valence-electron chi connectivity index (χ2n) is 7.08. The van der Waals surface area contributed by atoms with Gasteiger partial charge in [0, 0.05) is 61.9 Å². The number of pyridine rings is 2. The van der Waals surface area contributed by atoms with Crippen LogP contribution in [0.3, 0.4) is 0 Å². The summed E-state index contributed by atoms with van der Waals surface area (Å²) in [6.07, 6.45) is 3.62. The Balaban J connectivity index is 0.00000218. The van der Waals surface area contributed by atoms with Gasteiger partial charge < -0.3 is 9.62 Å². The molecule has 30 heavy (non-hydrogen) atoms. The smallest absolute Gasteiger partial charge is 0.159 e. The molecule has 0 bridgehead atoms. The summed E-state index contributed by atoms with van der Waals surface area (Å²) in [5.74, 6) is -0.349. The predicted octanol–water partition coefficient (Wildman–Crippen LogP) is 3.30. The lowest BCUT2D eigenvalue weighted by Gasteiger charge is -2.22. The molecule has 0 unspecified atom stereocenters. The largest absolute Gasteiger partial charge is 0.305 e. The number of halogens is 1. The van der Waals surface area contributed by atoms with Gasteiger partial charge in [-0.2, -0.15) is 18.6 Å². The molecule has 1 aliphatic rings. The highest BCUT2D eigenvalue weighted by molar-refractivity contribution is 7.98. The Hall–Kier alpha value is -2.40. The topological polar surface area (TPSA) is 62.1 Å². The van der Waals surface area contributed by atoms with Crippen molar-refractivity contribution in [3.05, 3.63) is 48.5 Å². The molecule has 0 saturated carbocycles. The third-order valence-electron chi connectivity index (χ3n) is 4.93. The maximum Gasteiger partial charge on any atom is 0.159 e. The van der Waals surface area contributed by atoms with E-state index in [4.69, 9.17) is 0 Å². The summed E-state index contributed by atoms with van der Waals surface area (Å²) in [5, 5.41) is 9.17. The van der Waals surface area contributed by atoms with Gasteiger partial charge in [-0.25, -0.2) is 18.7 Å². The first kappa shape index (κ1) is 20.9. The fraction of sp³-hybridized carbons (Fsp3) is 0.250. The van der Waals surface area contributed by atoms with Crippen LogP contribution < -0.4 is 9.62 Å². The van der Waals surface area contributed by atoms with Crippen LogP contribution in [-0.4, -0.2) is 50.9 Å². The maximum atomic E-state index is 14.4. The van der Waals surface area contributed by atoms with E-state index in [1.807, 2.05) is 31.4 Å². The molecule has 3 aromatic heterocycles. The lowest BCUT2D eigenvalue weighted by atomic mass is 10.1. The van der Waals surface area contributed by atoms with Crippen molar-refractivity contribution in [3.8, 4) is 11.3 Å². The predicted molar refractivity (Wildman–Crippen MR) is 125 cm³/mol. The zero-order valence-corrected chi connectivity index (χ0v) is 18.4. The molecule has 1 fully saturated rings. The first-order chi connectivity index (χ1) is 14.1. The van der Waals surface area contributed by atoms with Crippen molar-refractivity contribution in [2.45, 2.75) is 0 Å². The van der Waals surface area contributed by atoms with Crippen LogP contribution >= 0.6 is 25.6 Å². The van der Waals surface area contributed by atoms with E-state index in [1.165, 1.54) is 6.07 Å². The molecular formula is C20H22FN7S2. The van der Waals surface area contributed by atoms with E-state index in [0.717, 1.165) is 36.2 Å². The van der Waals surface area contributed by atoms with Gasteiger partial charge in [0.2, 0.25) is 0 Å². The highest BCUT2D eigenvalue weighted by Crippen LogP contribution is 2.29. The van der Waals surface area contributed by atoms with Gasteiger partial charge in [-0.15, -0.1) is 0 Å². The molecule has 0 amide bonds. The number of benzene rings is 1. The zero-order chi connectivity index (χ0) is 20.0. The minimum atomic E-state index is -0.349. The molecule has 7 nitrogen and oxygen atoms in total. The lowest BCUT2D eigenvalue weighted by Crippen LogP contribution is -2.21. The fourth-order valence-electron chi connectivity index (χ4n) is 3.47. The zero-order valence-electron chi connectivity index (χ0n) is 16.6. The Bertz CT molecular complexity index is 1210. The van der Waals surface area contributed by atoms with E-state index in [2.05, 4.69) is 35.1 Å². The molecule has 156 valence electrons. The lowest BCUT2D eigenvalue weighted by molar-refractivity contribution is 0.575. The fourth-order valence-corrected chi connectivity index (χ4v) is 4.33. The first-order valence-corrected chi connectivity index (χ1v) is 10.1. The molecule has 0 atom stereocenters. The second-order valence-corrected chi connectivity index (χ2v) is 8.31. The number of aromatic nitrogens is 4. The number of fused-ring (bicyclic) bond motifs is 2. The Morgan fingerprint density at radius 2 is 2.07 bits per heavy atom. The van der Waals surface area contributed by atoms with Gasteiger partial charge in [0.1, 0.15) is 5.52 Å². The van der Waals surface area contributed by atoms with Crippen LogP contribution in [0.4, 0.5) is 10.1 Å². The van der Waals surface area contributed by atoms with Crippen molar-refractivity contribution in [1.82, 2.24) is 29.4 Å². The average Bonchev–Trinajstić information content (AvgIpc) is 3.36. The molecule has 1 aromatic carbocycles. The number of anilines is 1. The average molecular weight is 444 g/mol. The Labute approximate surface area is 185 Å². The van der Waals surface area contributed by atoms with Crippen LogP contribution in [-0.2, 0) is 7.05 Å². The molecule has 1 aliphatic heterocycles. The van der Waals surface area contributed by atoms with E-state index in [9.17, 15) is 4.39 Å². The van der Waals surface area contributed by atoms with Crippen LogP contribution in [0.15, 0.2) is 42.7 Å². The summed E-state index contributed by atoms with van der Waals surface area (Å²) in [6, 6.07) is 9.34. The SMILES string of the molecule is CN(SN1CCNC1)c1cnc2nc(-c3cc(F)c4nn(C)cc4c3)ccc2c1.S. The summed E-state index contributed by atoms with van der Waals surface area (Å²) < 4.78 is 20.4. The Morgan fingerprint density at radius 3 is 2.87 bits per heavy atom. The number of hydrogen-bond donors (Lipinski definition) is 1. The molecular weight excluding hydrogens is 421 g/mol. The summed E-state index contributed by atoms with van der Waals surface area (Å²) >= 11 is 1.67. The normalized spacial score (nSPS) is 14.4. The third kappa shape index (κ3) is 3.95. The van der Waals surface area contributed by atoms with Gasteiger partial charge in [0.05, 0.1) is 24.2 Å². The standard InChI is InChI=1S/C20H20FN7S.H2S/c1-26-11-15-7-14(9-17(21)19(15)25-26)18-4-3-13-8-16(10-23-20(13)24-18)27(2)29-28-6-5-22-12-28;/h3-4,7-11,22H,5-6,12H2,1-2H3;1H2. The summed E-state index contributed by atoms with van der Waals surface area (Å²) in [4.78, 5) is 9.19. The number of rotatable bonds is 4. The number of nitrogens with one attached hydrogen (secondary N) is 1. The van der Waals surface area contributed by atoms with Gasteiger partial charge in [-0.05, 0) is 30.3 Å². The van der Waals surface area contributed by atoms with Crippen molar-refractivity contribution < 1.29 is 4.39 Å². The van der Waals surface area contributed by atoms with Crippen molar-refractivity contribution in [2.75, 3.05) is 31.1 Å². The van der Waals surface area contributed by atoms with Gasteiger partial charge >= 0.3 is 0 Å². The van der Waals surface area contributed by atoms with E-state index in [-0.39, 0.29) is 19.3 Å².